The van der Waals surface area contributed by atoms with Crippen LogP contribution in [0, 0.1) is 18.8 Å². The Morgan fingerprint density at radius 3 is 2.62 bits per heavy atom. The Bertz CT molecular complexity index is 604. The number of guanidine groups is 1. The maximum Gasteiger partial charge on any atom is 0.191 e. The van der Waals surface area contributed by atoms with Crippen molar-refractivity contribution in [2.45, 2.75) is 39.2 Å². The summed E-state index contributed by atoms with van der Waals surface area (Å²) in [5, 5.41) is 6.94. The maximum absolute atomic E-state index is 6.07. The molecular formula is C21H34N4O. The summed E-state index contributed by atoms with van der Waals surface area (Å²) in [5.41, 5.74) is 2.43. The first-order valence-corrected chi connectivity index (χ1v) is 9.99. The van der Waals surface area contributed by atoms with E-state index in [-0.39, 0.29) is 0 Å². The second-order valence-corrected chi connectivity index (χ2v) is 7.92. The fraction of sp³-hybridized carbons (Fsp3) is 0.667. The van der Waals surface area contributed by atoms with Crippen molar-refractivity contribution < 1.29 is 4.74 Å². The minimum atomic E-state index is 0.730. The van der Waals surface area contributed by atoms with Crippen molar-refractivity contribution in [2.75, 3.05) is 40.3 Å². The summed E-state index contributed by atoms with van der Waals surface area (Å²) in [7, 11) is 4.04. The molecule has 3 rings (SSSR count). The first-order valence-electron chi connectivity index (χ1n) is 9.99. The molecule has 2 fully saturated rings. The fourth-order valence-electron chi connectivity index (χ4n) is 3.34. The molecule has 1 saturated carbocycles. The summed E-state index contributed by atoms with van der Waals surface area (Å²) in [6, 6.07) is 6.46. The molecule has 2 N–H and O–H groups in total. The summed E-state index contributed by atoms with van der Waals surface area (Å²) < 4.78 is 6.07. The van der Waals surface area contributed by atoms with Crippen LogP contribution in [0.3, 0.4) is 0 Å². The molecule has 5 nitrogen and oxygen atoms in total. The van der Waals surface area contributed by atoms with Crippen LogP contribution in [0.1, 0.15) is 36.8 Å². The number of nitrogens with one attached hydrogen (secondary N) is 2. The van der Waals surface area contributed by atoms with Gasteiger partial charge in [0.2, 0.25) is 0 Å². The van der Waals surface area contributed by atoms with Gasteiger partial charge in [-0.05, 0) is 76.2 Å². The number of aryl methyl sites for hydroxylation is 1. The van der Waals surface area contributed by atoms with Gasteiger partial charge in [-0.25, -0.2) is 0 Å². The van der Waals surface area contributed by atoms with E-state index in [0.717, 1.165) is 43.2 Å². The Labute approximate surface area is 158 Å². The number of hydrogen-bond donors (Lipinski definition) is 2. The van der Waals surface area contributed by atoms with Crippen LogP contribution in [-0.4, -0.2) is 51.2 Å². The van der Waals surface area contributed by atoms with Gasteiger partial charge in [0.1, 0.15) is 5.75 Å². The second kappa shape index (κ2) is 9.26. The van der Waals surface area contributed by atoms with Gasteiger partial charge in [-0.1, -0.05) is 12.1 Å². The van der Waals surface area contributed by atoms with Crippen molar-refractivity contribution in [3.63, 3.8) is 0 Å². The van der Waals surface area contributed by atoms with Crippen LogP contribution >= 0.6 is 0 Å². The summed E-state index contributed by atoms with van der Waals surface area (Å²) in [5.74, 6) is 3.38. The van der Waals surface area contributed by atoms with Crippen molar-refractivity contribution in [3.05, 3.63) is 29.3 Å². The standard InChI is InChI=1S/C21H34N4O/c1-16-4-7-19(20(12-16)26-15-18-5-6-18)14-24-21(22-2)23-13-17-8-10-25(3)11-9-17/h4,7,12,17-18H,5-6,8-11,13-15H2,1-3H3,(H2,22,23,24). The molecule has 1 saturated heterocycles. The molecule has 0 radical (unpaired) electrons. The van der Waals surface area contributed by atoms with Gasteiger partial charge < -0.3 is 20.3 Å². The molecule has 5 heteroatoms. The van der Waals surface area contributed by atoms with Gasteiger partial charge in [0, 0.05) is 25.7 Å². The molecule has 2 aliphatic rings. The predicted molar refractivity (Wildman–Crippen MR) is 108 cm³/mol. The van der Waals surface area contributed by atoms with E-state index in [1.165, 1.54) is 49.9 Å². The Hall–Kier alpha value is -1.75. The highest BCUT2D eigenvalue weighted by atomic mass is 16.5. The Balaban J connectivity index is 1.48. The van der Waals surface area contributed by atoms with Gasteiger partial charge >= 0.3 is 0 Å². The quantitative estimate of drug-likeness (QED) is 0.581. The maximum atomic E-state index is 6.07. The molecule has 0 bridgehead atoms. The molecule has 0 unspecified atom stereocenters. The summed E-state index contributed by atoms with van der Waals surface area (Å²) in [4.78, 5) is 6.78. The number of ether oxygens (including phenoxy) is 1. The van der Waals surface area contributed by atoms with Crippen molar-refractivity contribution in [1.82, 2.24) is 15.5 Å². The number of piperidine rings is 1. The fourth-order valence-corrected chi connectivity index (χ4v) is 3.34. The number of nitrogens with zero attached hydrogens (tertiary/aromatic N) is 2. The van der Waals surface area contributed by atoms with E-state index in [4.69, 9.17) is 4.74 Å². The van der Waals surface area contributed by atoms with Gasteiger partial charge in [-0.2, -0.15) is 0 Å². The number of hydrogen-bond acceptors (Lipinski definition) is 3. The van der Waals surface area contributed by atoms with Crippen molar-refractivity contribution in [2.24, 2.45) is 16.8 Å². The van der Waals surface area contributed by atoms with Gasteiger partial charge in [0.05, 0.1) is 6.61 Å². The molecule has 26 heavy (non-hydrogen) atoms. The van der Waals surface area contributed by atoms with E-state index in [0.29, 0.717) is 0 Å². The highest BCUT2D eigenvalue weighted by molar-refractivity contribution is 5.79. The molecule has 1 heterocycles. The number of benzene rings is 1. The molecule has 0 atom stereocenters. The monoisotopic (exact) mass is 358 g/mol. The van der Waals surface area contributed by atoms with E-state index < -0.39 is 0 Å². The zero-order valence-electron chi connectivity index (χ0n) is 16.6. The van der Waals surface area contributed by atoms with E-state index in [1.54, 1.807) is 0 Å². The summed E-state index contributed by atoms with van der Waals surface area (Å²) in [6.45, 7) is 7.08. The topological polar surface area (TPSA) is 48.9 Å². The lowest BCUT2D eigenvalue weighted by Gasteiger charge is -2.29. The Morgan fingerprint density at radius 1 is 1.15 bits per heavy atom. The lowest BCUT2D eigenvalue weighted by Crippen LogP contribution is -2.42. The van der Waals surface area contributed by atoms with Crippen molar-refractivity contribution >= 4 is 5.96 Å². The SMILES string of the molecule is CN=C(NCc1ccc(C)cc1OCC1CC1)NCC1CCN(C)CC1. The molecule has 1 aromatic rings. The minimum Gasteiger partial charge on any atom is -0.493 e. The van der Waals surface area contributed by atoms with Crippen LogP contribution in [0.4, 0.5) is 0 Å². The zero-order chi connectivity index (χ0) is 18.4. The first-order chi connectivity index (χ1) is 12.6. The molecule has 1 aliphatic heterocycles. The van der Waals surface area contributed by atoms with E-state index in [1.807, 2.05) is 7.05 Å². The molecule has 0 aromatic heterocycles. The number of likely N-dealkylation sites (tertiary alicyclic amines) is 1. The van der Waals surface area contributed by atoms with Crippen molar-refractivity contribution in [3.8, 4) is 5.75 Å². The summed E-state index contributed by atoms with van der Waals surface area (Å²) in [6.07, 6.45) is 5.15. The molecule has 1 aromatic carbocycles. The average Bonchev–Trinajstić information content (AvgIpc) is 3.47. The van der Waals surface area contributed by atoms with Crippen LogP contribution in [0.25, 0.3) is 0 Å². The third kappa shape index (κ3) is 5.90. The second-order valence-electron chi connectivity index (χ2n) is 7.92. The van der Waals surface area contributed by atoms with E-state index in [2.05, 4.69) is 52.7 Å². The highest BCUT2D eigenvalue weighted by Gasteiger charge is 2.22. The van der Waals surface area contributed by atoms with Gasteiger partial charge in [-0.15, -0.1) is 0 Å². The van der Waals surface area contributed by atoms with Crippen LogP contribution in [-0.2, 0) is 6.54 Å². The molecule has 144 valence electrons. The zero-order valence-corrected chi connectivity index (χ0v) is 16.6. The highest BCUT2D eigenvalue weighted by Crippen LogP contribution is 2.30. The Morgan fingerprint density at radius 2 is 1.92 bits per heavy atom. The Kier molecular flexibility index (Phi) is 6.78. The normalized spacial score (nSPS) is 19.4. The first kappa shape index (κ1) is 19.0. The largest absolute Gasteiger partial charge is 0.493 e. The molecule has 0 spiro atoms. The smallest absolute Gasteiger partial charge is 0.191 e. The lowest BCUT2D eigenvalue weighted by molar-refractivity contribution is 0.220. The van der Waals surface area contributed by atoms with Gasteiger partial charge in [0.25, 0.3) is 0 Å². The van der Waals surface area contributed by atoms with Crippen molar-refractivity contribution in [1.29, 1.82) is 0 Å². The molecular weight excluding hydrogens is 324 g/mol. The lowest BCUT2D eigenvalue weighted by atomic mass is 9.97. The van der Waals surface area contributed by atoms with E-state index >= 15 is 0 Å². The van der Waals surface area contributed by atoms with Crippen LogP contribution in [0.5, 0.6) is 5.75 Å². The number of rotatable bonds is 7. The van der Waals surface area contributed by atoms with Crippen LogP contribution in [0.2, 0.25) is 0 Å². The van der Waals surface area contributed by atoms with Gasteiger partial charge in [0.15, 0.2) is 5.96 Å². The predicted octanol–water partition coefficient (Wildman–Crippen LogP) is 2.79. The van der Waals surface area contributed by atoms with E-state index in [9.17, 15) is 0 Å². The summed E-state index contributed by atoms with van der Waals surface area (Å²) >= 11 is 0. The molecule has 0 amide bonds. The minimum absolute atomic E-state index is 0.730. The van der Waals surface area contributed by atoms with Crippen LogP contribution in [0.15, 0.2) is 23.2 Å². The third-order valence-corrected chi connectivity index (χ3v) is 5.46. The van der Waals surface area contributed by atoms with Crippen LogP contribution < -0.4 is 15.4 Å². The molecule has 1 aliphatic carbocycles. The average molecular weight is 359 g/mol. The third-order valence-electron chi connectivity index (χ3n) is 5.46. The van der Waals surface area contributed by atoms with Gasteiger partial charge in [-0.3, -0.25) is 4.99 Å². The number of aliphatic imine (C=N–C) groups is 1.